The molecule has 0 spiro atoms. The number of nitrogens with zero attached hydrogens (tertiary/aromatic N) is 1. The molecule has 1 amide bonds. The van der Waals surface area contributed by atoms with Crippen molar-refractivity contribution in [3.63, 3.8) is 0 Å². The van der Waals surface area contributed by atoms with Crippen LogP contribution in [0.3, 0.4) is 0 Å². The minimum absolute atomic E-state index is 0.0330. The van der Waals surface area contributed by atoms with Gasteiger partial charge in [-0.05, 0) is 56.7 Å². The lowest BCUT2D eigenvalue weighted by Crippen LogP contribution is -2.33. The van der Waals surface area contributed by atoms with Crippen molar-refractivity contribution in [2.45, 2.75) is 37.8 Å². The first-order valence-corrected chi connectivity index (χ1v) is 10.3. The second-order valence-electron chi connectivity index (χ2n) is 6.63. The minimum Gasteiger partial charge on any atom is -0.345 e. The predicted octanol–water partition coefficient (Wildman–Crippen LogP) is 4.14. The number of rotatable bonds is 6. The van der Waals surface area contributed by atoms with E-state index in [1.807, 2.05) is 0 Å². The van der Waals surface area contributed by atoms with Gasteiger partial charge in [0.2, 0.25) is 10.0 Å². The number of hydrogen-bond donors (Lipinski definition) is 1. The van der Waals surface area contributed by atoms with Gasteiger partial charge in [-0.1, -0.05) is 17.7 Å². The van der Waals surface area contributed by atoms with Crippen LogP contribution in [0, 0.1) is 11.6 Å². The van der Waals surface area contributed by atoms with Crippen LogP contribution in [0.5, 0.6) is 0 Å². The largest absolute Gasteiger partial charge is 0.345 e. The van der Waals surface area contributed by atoms with Gasteiger partial charge in [0.05, 0.1) is 21.5 Å². The Kier molecular flexibility index (Phi) is 6.80. The molecular weight excluding hydrogens is 410 g/mol. The number of nitrogens with one attached hydrogen (secondary N) is 1. The Morgan fingerprint density at radius 2 is 1.71 bits per heavy atom. The lowest BCUT2D eigenvalue weighted by Gasteiger charge is -2.21. The number of carbonyl (C=O) groups excluding carboxylic acids is 1. The summed E-state index contributed by atoms with van der Waals surface area (Å²) in [6.07, 6.45) is 0. The molecule has 0 saturated heterocycles. The second-order valence-corrected chi connectivity index (χ2v) is 9.03. The summed E-state index contributed by atoms with van der Waals surface area (Å²) in [5.41, 5.74) is 0.320. The van der Waals surface area contributed by atoms with Crippen LogP contribution in [0.15, 0.2) is 41.3 Å². The Hall–Kier alpha value is -2.03. The van der Waals surface area contributed by atoms with Crippen LogP contribution in [0.2, 0.25) is 5.02 Å². The van der Waals surface area contributed by atoms with Crippen LogP contribution in [0.25, 0.3) is 0 Å². The van der Waals surface area contributed by atoms with E-state index in [1.54, 1.807) is 20.8 Å². The fourth-order valence-corrected chi connectivity index (χ4v) is 4.02. The molecule has 28 heavy (non-hydrogen) atoms. The van der Waals surface area contributed by atoms with Crippen LogP contribution in [0.4, 0.5) is 8.78 Å². The number of benzene rings is 2. The van der Waals surface area contributed by atoms with Gasteiger partial charge in [0.25, 0.3) is 5.91 Å². The van der Waals surface area contributed by atoms with Crippen LogP contribution in [-0.4, -0.2) is 31.7 Å². The van der Waals surface area contributed by atoms with E-state index in [2.05, 4.69) is 5.32 Å². The van der Waals surface area contributed by atoms with Crippen molar-refractivity contribution >= 4 is 27.5 Å². The quantitative estimate of drug-likeness (QED) is 0.749. The van der Waals surface area contributed by atoms with Crippen molar-refractivity contribution in [1.82, 2.24) is 9.62 Å². The summed E-state index contributed by atoms with van der Waals surface area (Å²) in [5.74, 6) is -2.65. The molecule has 0 fully saturated rings. The summed E-state index contributed by atoms with van der Waals surface area (Å²) in [4.78, 5) is 12.5. The van der Waals surface area contributed by atoms with Crippen molar-refractivity contribution in [3.8, 4) is 0 Å². The highest BCUT2D eigenvalue weighted by molar-refractivity contribution is 7.89. The van der Waals surface area contributed by atoms with E-state index >= 15 is 0 Å². The van der Waals surface area contributed by atoms with Crippen LogP contribution >= 0.6 is 11.6 Å². The first kappa shape index (κ1) is 22.3. The molecule has 152 valence electrons. The van der Waals surface area contributed by atoms with Gasteiger partial charge in [-0.2, -0.15) is 4.31 Å². The zero-order valence-corrected chi connectivity index (χ0v) is 17.4. The average Bonchev–Trinajstić information content (AvgIpc) is 2.63. The summed E-state index contributed by atoms with van der Waals surface area (Å²) in [5, 5.41) is 2.68. The average molecular weight is 431 g/mol. The van der Waals surface area contributed by atoms with Crippen LogP contribution in [0.1, 0.15) is 42.7 Å². The molecule has 2 aromatic rings. The fourth-order valence-electron chi connectivity index (χ4n) is 2.42. The van der Waals surface area contributed by atoms with Crippen molar-refractivity contribution < 1.29 is 22.0 Å². The Morgan fingerprint density at radius 1 is 1.07 bits per heavy atom. The predicted molar refractivity (Wildman–Crippen MR) is 104 cm³/mol. The standard InChI is InChI=1S/C19H21ClF2N2O3S/c1-11(2)24(4)28(26,27)14-6-7-16(20)15(10-14)19(25)23-12(3)13-5-8-17(21)18(22)9-13/h5-12H,1-4H3,(H,23,25). The van der Waals surface area contributed by atoms with Gasteiger partial charge in [0, 0.05) is 13.1 Å². The first-order valence-electron chi connectivity index (χ1n) is 8.48. The summed E-state index contributed by atoms with van der Waals surface area (Å²) < 4.78 is 53.0. The fraction of sp³-hybridized carbons (Fsp3) is 0.316. The maximum atomic E-state index is 13.4. The molecule has 0 aliphatic heterocycles. The van der Waals surface area contributed by atoms with Gasteiger partial charge in [-0.15, -0.1) is 0 Å². The van der Waals surface area contributed by atoms with E-state index in [-0.39, 0.29) is 21.5 Å². The lowest BCUT2D eigenvalue weighted by molar-refractivity contribution is 0.0939. The van der Waals surface area contributed by atoms with Gasteiger partial charge in [-0.25, -0.2) is 17.2 Å². The molecule has 1 N–H and O–H groups in total. The molecule has 0 aliphatic carbocycles. The molecule has 2 rings (SSSR count). The number of amides is 1. The maximum absolute atomic E-state index is 13.4. The normalized spacial score (nSPS) is 13.0. The molecular formula is C19H21ClF2N2O3S. The van der Waals surface area contributed by atoms with Crippen molar-refractivity contribution in [3.05, 3.63) is 64.2 Å². The number of halogens is 3. The van der Waals surface area contributed by atoms with Crippen LogP contribution < -0.4 is 5.32 Å². The monoisotopic (exact) mass is 430 g/mol. The molecule has 0 heterocycles. The molecule has 5 nitrogen and oxygen atoms in total. The van der Waals surface area contributed by atoms with Crippen molar-refractivity contribution in [2.24, 2.45) is 0 Å². The van der Waals surface area contributed by atoms with E-state index < -0.39 is 33.6 Å². The Morgan fingerprint density at radius 3 is 2.29 bits per heavy atom. The molecule has 0 saturated carbocycles. The SMILES string of the molecule is CC(NC(=O)c1cc(S(=O)(=O)N(C)C(C)C)ccc1Cl)c1ccc(F)c(F)c1. The summed E-state index contributed by atoms with van der Waals surface area (Å²) in [7, 11) is -2.35. The van der Waals surface area contributed by atoms with Crippen molar-refractivity contribution in [1.29, 1.82) is 0 Å². The van der Waals surface area contributed by atoms with E-state index in [4.69, 9.17) is 11.6 Å². The maximum Gasteiger partial charge on any atom is 0.253 e. The zero-order chi connectivity index (χ0) is 21.2. The number of sulfonamides is 1. The van der Waals surface area contributed by atoms with Crippen LogP contribution in [-0.2, 0) is 10.0 Å². The lowest BCUT2D eigenvalue weighted by atomic mass is 10.1. The topological polar surface area (TPSA) is 66.5 Å². The highest BCUT2D eigenvalue weighted by Crippen LogP contribution is 2.24. The zero-order valence-electron chi connectivity index (χ0n) is 15.8. The van der Waals surface area contributed by atoms with Crippen molar-refractivity contribution in [2.75, 3.05) is 7.05 Å². The third kappa shape index (κ3) is 4.68. The van der Waals surface area contributed by atoms with E-state index in [0.29, 0.717) is 5.56 Å². The highest BCUT2D eigenvalue weighted by atomic mass is 35.5. The molecule has 9 heteroatoms. The summed E-state index contributed by atoms with van der Waals surface area (Å²) in [6.45, 7) is 5.04. The number of carbonyl (C=O) groups is 1. The van der Waals surface area contributed by atoms with Gasteiger partial charge < -0.3 is 5.32 Å². The minimum atomic E-state index is -3.80. The first-order chi connectivity index (χ1) is 12.9. The molecule has 0 aliphatic rings. The Labute approximate surface area is 168 Å². The molecule has 0 radical (unpaired) electrons. The second kappa shape index (κ2) is 8.55. The molecule has 0 bridgehead atoms. The van der Waals surface area contributed by atoms with Gasteiger partial charge in [0.1, 0.15) is 0 Å². The van der Waals surface area contributed by atoms with Gasteiger partial charge in [-0.3, -0.25) is 4.79 Å². The third-order valence-electron chi connectivity index (χ3n) is 4.38. The molecule has 0 aromatic heterocycles. The van der Waals surface area contributed by atoms with E-state index in [1.165, 1.54) is 35.6 Å². The highest BCUT2D eigenvalue weighted by Gasteiger charge is 2.25. The smallest absolute Gasteiger partial charge is 0.253 e. The number of hydrogen-bond acceptors (Lipinski definition) is 3. The van der Waals surface area contributed by atoms with E-state index in [0.717, 1.165) is 12.1 Å². The van der Waals surface area contributed by atoms with Gasteiger partial charge >= 0.3 is 0 Å². The Bertz CT molecular complexity index is 997. The van der Waals surface area contributed by atoms with E-state index in [9.17, 15) is 22.0 Å². The summed E-state index contributed by atoms with van der Waals surface area (Å²) >= 11 is 6.08. The summed E-state index contributed by atoms with van der Waals surface area (Å²) in [6, 6.07) is 6.23. The molecule has 1 unspecified atom stereocenters. The third-order valence-corrected chi connectivity index (χ3v) is 6.74. The van der Waals surface area contributed by atoms with Gasteiger partial charge in [0.15, 0.2) is 11.6 Å². The Balaban J connectivity index is 2.31. The molecule has 2 aromatic carbocycles. The molecule has 1 atom stereocenters.